The molecule has 1 saturated heterocycles. The van der Waals surface area contributed by atoms with Crippen LogP contribution in [0.3, 0.4) is 0 Å². The van der Waals surface area contributed by atoms with Crippen LogP contribution in [0.5, 0.6) is 0 Å². The predicted octanol–water partition coefficient (Wildman–Crippen LogP) is 0.815. The molecule has 0 aromatic carbocycles. The van der Waals surface area contributed by atoms with E-state index in [-0.39, 0.29) is 17.3 Å². The molecule has 0 aromatic rings. The highest BCUT2D eigenvalue weighted by atomic mass is 16.5. The summed E-state index contributed by atoms with van der Waals surface area (Å²) in [4.78, 5) is 10.8. The van der Waals surface area contributed by atoms with Gasteiger partial charge in [0, 0.05) is 5.92 Å². The Bertz CT molecular complexity index is 172. The van der Waals surface area contributed by atoms with Crippen molar-refractivity contribution >= 4 is 5.97 Å². The average molecular weight is 126 g/mol. The predicted molar refractivity (Wildman–Crippen MR) is 31.7 cm³/mol. The smallest absolute Gasteiger partial charge is 0.309 e. The normalized spacial score (nSPS) is 44.0. The zero-order valence-electron chi connectivity index (χ0n) is 5.68. The van der Waals surface area contributed by atoms with E-state index < -0.39 is 0 Å². The quantitative estimate of drug-likeness (QED) is 0.449. The summed E-state index contributed by atoms with van der Waals surface area (Å²) in [6.07, 6.45) is 0. The summed E-state index contributed by atoms with van der Waals surface area (Å²) >= 11 is 0. The first kappa shape index (κ1) is 5.27. The molecule has 1 aliphatic carbocycles. The molecule has 0 N–H and O–H groups in total. The van der Waals surface area contributed by atoms with Crippen molar-refractivity contribution in [2.24, 2.45) is 17.3 Å². The summed E-state index contributed by atoms with van der Waals surface area (Å²) < 4.78 is 4.81. The molecule has 0 spiro atoms. The lowest BCUT2D eigenvalue weighted by atomic mass is 10.1. The molecule has 0 radical (unpaired) electrons. The summed E-state index contributed by atoms with van der Waals surface area (Å²) in [5.41, 5.74) is 0.259. The van der Waals surface area contributed by atoms with Crippen LogP contribution >= 0.6 is 0 Å². The van der Waals surface area contributed by atoms with Crippen LogP contribution < -0.4 is 0 Å². The summed E-state index contributed by atoms with van der Waals surface area (Å²) in [7, 11) is 0. The number of cyclic esters (lactones) is 1. The second kappa shape index (κ2) is 1.15. The highest BCUT2D eigenvalue weighted by Gasteiger charge is 2.66. The van der Waals surface area contributed by atoms with Crippen LogP contribution in [-0.2, 0) is 9.53 Å². The average Bonchev–Trinajstić information content (AvgIpc) is 2.19. The van der Waals surface area contributed by atoms with E-state index in [1.807, 2.05) is 0 Å². The Morgan fingerprint density at radius 1 is 1.67 bits per heavy atom. The lowest BCUT2D eigenvalue weighted by Gasteiger charge is -2.05. The van der Waals surface area contributed by atoms with Gasteiger partial charge < -0.3 is 4.74 Å². The van der Waals surface area contributed by atoms with E-state index in [1.165, 1.54) is 0 Å². The van der Waals surface area contributed by atoms with Gasteiger partial charge in [0.05, 0.1) is 12.5 Å². The fourth-order valence-corrected chi connectivity index (χ4v) is 1.78. The fourth-order valence-electron chi connectivity index (χ4n) is 1.78. The van der Waals surface area contributed by atoms with Crippen LogP contribution in [0.25, 0.3) is 0 Å². The molecular weight excluding hydrogens is 116 g/mol. The van der Waals surface area contributed by atoms with Crippen molar-refractivity contribution < 1.29 is 9.53 Å². The van der Waals surface area contributed by atoms with Crippen molar-refractivity contribution in [3.8, 4) is 0 Å². The number of esters is 1. The molecule has 0 aromatic heterocycles. The number of fused-ring (bicyclic) bond motifs is 1. The van der Waals surface area contributed by atoms with Gasteiger partial charge in [0.15, 0.2) is 0 Å². The van der Waals surface area contributed by atoms with E-state index in [0.717, 1.165) is 0 Å². The number of hydrogen-bond donors (Lipinski definition) is 0. The Labute approximate surface area is 54.2 Å². The van der Waals surface area contributed by atoms with Crippen LogP contribution in [0.1, 0.15) is 13.8 Å². The van der Waals surface area contributed by atoms with Gasteiger partial charge in [0.2, 0.25) is 0 Å². The molecule has 9 heavy (non-hydrogen) atoms. The van der Waals surface area contributed by atoms with E-state index in [9.17, 15) is 4.79 Å². The van der Waals surface area contributed by atoms with Gasteiger partial charge in [-0.15, -0.1) is 0 Å². The summed E-state index contributed by atoms with van der Waals surface area (Å²) in [5.74, 6) is 0.785. The summed E-state index contributed by atoms with van der Waals surface area (Å²) in [6.45, 7) is 4.92. The number of ether oxygens (including phenoxy) is 1. The minimum atomic E-state index is 0.0185. The fraction of sp³-hybridized carbons (Fsp3) is 0.857. The van der Waals surface area contributed by atoms with Gasteiger partial charge in [-0.1, -0.05) is 13.8 Å². The minimum Gasteiger partial charge on any atom is -0.465 e. The molecule has 0 amide bonds. The summed E-state index contributed by atoms with van der Waals surface area (Å²) in [6, 6.07) is 0. The number of rotatable bonds is 0. The van der Waals surface area contributed by atoms with E-state index >= 15 is 0 Å². The Balaban J connectivity index is 2.23. The monoisotopic (exact) mass is 126 g/mol. The molecule has 2 atom stereocenters. The maximum Gasteiger partial charge on any atom is 0.309 e. The first-order valence-corrected chi connectivity index (χ1v) is 3.30. The first-order chi connectivity index (χ1) is 4.14. The lowest BCUT2D eigenvalue weighted by molar-refractivity contribution is -0.142. The van der Waals surface area contributed by atoms with E-state index in [4.69, 9.17) is 4.74 Å². The third kappa shape index (κ3) is 0.443. The standard InChI is InChI=1S/C7H10O2/c1-7(2)4-3-9-6(8)5(4)7/h4-5H,3H2,1-2H3/t4-,5?/m1/s1. The van der Waals surface area contributed by atoms with Crippen molar-refractivity contribution in [3.63, 3.8) is 0 Å². The lowest BCUT2D eigenvalue weighted by Crippen LogP contribution is -2.09. The number of hydrogen-bond acceptors (Lipinski definition) is 2. The van der Waals surface area contributed by atoms with E-state index in [0.29, 0.717) is 12.5 Å². The number of carbonyl (C=O) groups excluding carboxylic acids is 1. The zero-order valence-corrected chi connectivity index (χ0v) is 5.68. The molecule has 2 aliphatic rings. The maximum absolute atomic E-state index is 10.8. The van der Waals surface area contributed by atoms with Crippen molar-refractivity contribution in [3.05, 3.63) is 0 Å². The van der Waals surface area contributed by atoms with Gasteiger partial charge in [-0.05, 0) is 5.41 Å². The molecule has 1 saturated carbocycles. The zero-order chi connectivity index (χ0) is 6.65. The SMILES string of the molecule is CC1(C)C2C(=O)OC[C@H]21. The highest BCUT2D eigenvalue weighted by Crippen LogP contribution is 2.61. The third-order valence-corrected chi connectivity index (χ3v) is 2.71. The molecule has 50 valence electrons. The second-order valence-corrected chi connectivity index (χ2v) is 3.54. The molecule has 2 rings (SSSR count). The Morgan fingerprint density at radius 3 is 2.56 bits per heavy atom. The van der Waals surface area contributed by atoms with Gasteiger partial charge in [-0.25, -0.2) is 0 Å². The molecule has 1 heterocycles. The van der Waals surface area contributed by atoms with Crippen molar-refractivity contribution in [1.82, 2.24) is 0 Å². The van der Waals surface area contributed by atoms with Gasteiger partial charge in [0.1, 0.15) is 0 Å². The van der Waals surface area contributed by atoms with E-state index in [1.54, 1.807) is 0 Å². The molecule has 1 unspecified atom stereocenters. The summed E-state index contributed by atoms with van der Waals surface area (Å²) in [5, 5.41) is 0. The molecule has 1 aliphatic heterocycles. The van der Waals surface area contributed by atoms with Crippen LogP contribution in [0.4, 0.5) is 0 Å². The second-order valence-electron chi connectivity index (χ2n) is 3.54. The van der Waals surface area contributed by atoms with Gasteiger partial charge in [-0.2, -0.15) is 0 Å². The minimum absolute atomic E-state index is 0.0185. The number of carbonyl (C=O) groups is 1. The Hall–Kier alpha value is -0.530. The molecular formula is C7H10O2. The van der Waals surface area contributed by atoms with Gasteiger partial charge in [0.25, 0.3) is 0 Å². The molecule has 2 nitrogen and oxygen atoms in total. The largest absolute Gasteiger partial charge is 0.465 e. The van der Waals surface area contributed by atoms with Crippen LogP contribution in [-0.4, -0.2) is 12.6 Å². The van der Waals surface area contributed by atoms with Crippen LogP contribution in [0.2, 0.25) is 0 Å². The van der Waals surface area contributed by atoms with Crippen molar-refractivity contribution in [2.75, 3.05) is 6.61 Å². The molecule has 2 heteroatoms. The first-order valence-electron chi connectivity index (χ1n) is 3.30. The van der Waals surface area contributed by atoms with Crippen LogP contribution in [0.15, 0.2) is 0 Å². The Morgan fingerprint density at radius 2 is 2.33 bits per heavy atom. The van der Waals surface area contributed by atoms with Gasteiger partial charge in [-0.3, -0.25) is 4.79 Å². The maximum atomic E-state index is 10.8. The third-order valence-electron chi connectivity index (χ3n) is 2.71. The van der Waals surface area contributed by atoms with Gasteiger partial charge >= 0.3 is 5.97 Å². The molecule has 2 fully saturated rings. The van der Waals surface area contributed by atoms with Crippen molar-refractivity contribution in [2.45, 2.75) is 13.8 Å². The highest BCUT2D eigenvalue weighted by molar-refractivity contribution is 5.80. The van der Waals surface area contributed by atoms with Crippen LogP contribution in [0, 0.1) is 17.3 Å². The topological polar surface area (TPSA) is 26.3 Å². The molecule has 0 bridgehead atoms. The van der Waals surface area contributed by atoms with Crippen molar-refractivity contribution in [1.29, 1.82) is 0 Å². The Kier molecular flexibility index (Phi) is 0.675. The van der Waals surface area contributed by atoms with E-state index in [2.05, 4.69) is 13.8 Å².